The molecule has 252 valence electrons. The number of anilines is 2. The van der Waals surface area contributed by atoms with Crippen LogP contribution in [0.4, 0.5) is 11.4 Å². The van der Waals surface area contributed by atoms with E-state index in [0.29, 0.717) is 22.9 Å². The van der Waals surface area contributed by atoms with Crippen LogP contribution < -0.4 is 24.6 Å². The smallest absolute Gasteiger partial charge is 0.305 e. The molecule has 3 heterocycles. The molecule has 4 unspecified atom stereocenters. The first-order valence-corrected chi connectivity index (χ1v) is 18.4. The van der Waals surface area contributed by atoms with E-state index in [1.165, 1.54) is 16.2 Å². The molecule has 4 aliphatic rings. The van der Waals surface area contributed by atoms with E-state index in [9.17, 15) is 19.2 Å². The van der Waals surface area contributed by atoms with Gasteiger partial charge in [0.25, 0.3) is 5.91 Å². The van der Waals surface area contributed by atoms with Gasteiger partial charge in [-0.2, -0.15) is 0 Å². The molecule has 1 saturated heterocycles. The number of thiazole rings is 1. The van der Waals surface area contributed by atoms with Crippen molar-refractivity contribution < 1.29 is 23.9 Å². The van der Waals surface area contributed by atoms with Crippen LogP contribution in [-0.2, 0) is 14.4 Å². The second kappa shape index (κ2) is 11.9. The number of rotatable bonds is 7. The highest BCUT2D eigenvalue weighted by molar-refractivity contribution is 8.00. The first-order valence-electron chi connectivity index (χ1n) is 16.7. The maximum atomic E-state index is 14.1. The Hall–Kier alpha value is -4.87. The summed E-state index contributed by atoms with van der Waals surface area (Å²) in [6, 6.07) is 26.9. The van der Waals surface area contributed by atoms with Gasteiger partial charge in [0.1, 0.15) is 0 Å². The summed E-state index contributed by atoms with van der Waals surface area (Å²) in [7, 11) is 1.56. The van der Waals surface area contributed by atoms with E-state index in [0.717, 1.165) is 38.2 Å². The van der Waals surface area contributed by atoms with E-state index in [-0.39, 0.29) is 70.0 Å². The maximum Gasteiger partial charge on any atom is 0.305 e. The van der Waals surface area contributed by atoms with Gasteiger partial charge in [0.05, 0.1) is 29.7 Å². The molecular weight excluding hydrogens is 671 g/mol. The van der Waals surface area contributed by atoms with Crippen LogP contribution in [0.3, 0.4) is 0 Å². The van der Waals surface area contributed by atoms with Gasteiger partial charge in [0.2, 0.25) is 11.8 Å². The number of thioether (sulfide) groups is 1. The van der Waals surface area contributed by atoms with Crippen molar-refractivity contribution in [1.29, 1.82) is 0 Å². The number of nitrogens with one attached hydrogen (secondary N) is 2. The SMILES string of the molecule is COc1cc([C@H]2c3sc(=O)[nH]c3SC3C2[C@H]2C[C@@H]3C3C(=O)N(c4ccc(C)cc4)C(=O)C32)ccc1OCC(=O)Nc1cccc2ccccc12. The van der Waals surface area contributed by atoms with Gasteiger partial charge in [-0.15, -0.1) is 11.8 Å². The lowest BCUT2D eigenvalue weighted by Gasteiger charge is -2.43. The fraction of sp³-hybridized carbons (Fsp3) is 0.282. The fourth-order valence-corrected chi connectivity index (χ4v) is 11.9. The summed E-state index contributed by atoms with van der Waals surface area (Å²) in [5, 5.41) is 5.84. The van der Waals surface area contributed by atoms with E-state index >= 15 is 0 Å². The second-order valence-corrected chi connectivity index (χ2v) is 15.8. The Kier molecular flexibility index (Phi) is 7.40. The van der Waals surface area contributed by atoms with Crippen molar-refractivity contribution >= 4 is 63.0 Å². The molecule has 3 amide bonds. The molecule has 7 atom stereocenters. The quantitative estimate of drug-likeness (QED) is 0.184. The van der Waals surface area contributed by atoms with Gasteiger partial charge in [-0.3, -0.25) is 24.1 Å². The molecule has 11 heteroatoms. The van der Waals surface area contributed by atoms with Crippen LogP contribution in [0.5, 0.6) is 11.5 Å². The molecule has 2 bridgehead atoms. The number of imide groups is 1. The molecule has 2 aliphatic carbocycles. The Morgan fingerprint density at radius 3 is 2.48 bits per heavy atom. The number of carbonyl (C=O) groups excluding carboxylic acids is 3. The number of hydrogen-bond acceptors (Lipinski definition) is 8. The van der Waals surface area contributed by atoms with E-state index in [1.807, 2.05) is 91.9 Å². The van der Waals surface area contributed by atoms with E-state index < -0.39 is 0 Å². The van der Waals surface area contributed by atoms with E-state index in [4.69, 9.17) is 9.47 Å². The number of nitrogens with zero attached hydrogens (tertiary/aromatic N) is 1. The third-order valence-electron chi connectivity index (χ3n) is 11.0. The molecule has 2 saturated carbocycles. The van der Waals surface area contributed by atoms with Gasteiger partial charge in [0, 0.05) is 27.1 Å². The largest absolute Gasteiger partial charge is 0.493 e. The number of carbonyl (C=O) groups is 3. The van der Waals surface area contributed by atoms with E-state index in [1.54, 1.807) is 18.9 Å². The molecule has 0 radical (unpaired) electrons. The second-order valence-electron chi connectivity index (χ2n) is 13.6. The van der Waals surface area contributed by atoms with Crippen molar-refractivity contribution in [3.8, 4) is 11.5 Å². The molecule has 1 aromatic heterocycles. The minimum Gasteiger partial charge on any atom is -0.493 e. The highest BCUT2D eigenvalue weighted by atomic mass is 32.2. The average molecular weight is 704 g/mol. The third kappa shape index (κ3) is 4.81. The first kappa shape index (κ1) is 31.1. The molecule has 2 aliphatic heterocycles. The summed E-state index contributed by atoms with van der Waals surface area (Å²) in [4.78, 5) is 59.0. The number of benzene rings is 4. The van der Waals surface area contributed by atoms with Crippen LogP contribution in [0, 0.1) is 36.5 Å². The van der Waals surface area contributed by atoms with Crippen molar-refractivity contribution in [1.82, 2.24) is 4.98 Å². The van der Waals surface area contributed by atoms with Crippen molar-refractivity contribution in [2.75, 3.05) is 23.9 Å². The number of H-pyrrole nitrogens is 1. The molecule has 2 N–H and O–H groups in total. The Morgan fingerprint density at radius 1 is 0.920 bits per heavy atom. The van der Waals surface area contributed by atoms with Gasteiger partial charge < -0.3 is 19.8 Å². The van der Waals surface area contributed by atoms with Gasteiger partial charge in [-0.25, -0.2) is 0 Å². The van der Waals surface area contributed by atoms with Crippen molar-refractivity contribution in [2.45, 2.75) is 29.5 Å². The summed E-state index contributed by atoms with van der Waals surface area (Å²) in [5.41, 5.74) is 3.34. The number of aromatic nitrogens is 1. The molecule has 3 fully saturated rings. The topological polar surface area (TPSA) is 118 Å². The summed E-state index contributed by atoms with van der Waals surface area (Å²) in [6.07, 6.45) is 0.802. The minimum absolute atomic E-state index is 0.00978. The van der Waals surface area contributed by atoms with Crippen LogP contribution in [-0.4, -0.2) is 41.7 Å². The third-order valence-corrected chi connectivity index (χ3v) is 13.6. The van der Waals surface area contributed by atoms with E-state index in [2.05, 4.69) is 10.3 Å². The van der Waals surface area contributed by atoms with Crippen LogP contribution in [0.25, 0.3) is 10.8 Å². The zero-order valence-electron chi connectivity index (χ0n) is 27.3. The number of methoxy groups -OCH3 is 1. The Labute approximate surface area is 296 Å². The van der Waals surface area contributed by atoms with Gasteiger partial charge in [0.15, 0.2) is 18.1 Å². The summed E-state index contributed by atoms with van der Waals surface area (Å²) in [6.45, 7) is 1.77. The van der Waals surface area contributed by atoms with Crippen molar-refractivity contribution in [2.24, 2.45) is 29.6 Å². The fourth-order valence-electron chi connectivity index (χ4n) is 9.00. The Balaban J connectivity index is 1.00. The molecule has 50 heavy (non-hydrogen) atoms. The molecule has 5 aromatic rings. The maximum absolute atomic E-state index is 14.1. The Bertz CT molecular complexity index is 2260. The van der Waals surface area contributed by atoms with Gasteiger partial charge in [-0.1, -0.05) is 71.5 Å². The molecule has 4 aromatic carbocycles. The lowest BCUT2D eigenvalue weighted by molar-refractivity contribution is -0.123. The molecule has 0 spiro atoms. The number of ether oxygens (including phenoxy) is 2. The zero-order chi connectivity index (χ0) is 34.3. The predicted molar refractivity (Wildman–Crippen MR) is 193 cm³/mol. The van der Waals surface area contributed by atoms with Crippen molar-refractivity contribution in [3.05, 3.63) is 111 Å². The number of hydrogen-bond donors (Lipinski definition) is 2. The highest BCUT2D eigenvalue weighted by Gasteiger charge is 2.69. The summed E-state index contributed by atoms with van der Waals surface area (Å²) >= 11 is 2.87. The predicted octanol–water partition coefficient (Wildman–Crippen LogP) is 6.60. The number of amides is 3. The summed E-state index contributed by atoms with van der Waals surface area (Å²) < 4.78 is 11.8. The minimum atomic E-state index is -0.389. The van der Waals surface area contributed by atoms with Crippen LogP contribution in [0.2, 0.25) is 0 Å². The molecular formula is C39H33N3O6S2. The van der Waals surface area contributed by atoms with Crippen molar-refractivity contribution in [3.63, 3.8) is 0 Å². The standard InChI is InChI=1S/C39H33N3O6S2/c1-19-10-13-22(14-11-19)42-37(44)32-24-17-25(33(32)38(42)45)34-31(24)30(35-36(49-34)41-39(46)50-35)21-12-15-27(28(16-21)47-2)48-18-29(43)40-26-9-5-7-20-6-3-4-8-23(20)26/h3-16,24-25,30-34H,17-18H2,1-2H3,(H,40,43)(H,41,46)/t24-,25-,30-,31?,32?,33?,34?/m1/s1. The first-order chi connectivity index (χ1) is 24.3. The van der Waals surface area contributed by atoms with Crippen LogP contribution in [0.1, 0.15) is 28.3 Å². The van der Waals surface area contributed by atoms with Gasteiger partial charge in [-0.05, 0) is 72.4 Å². The lowest BCUT2D eigenvalue weighted by atomic mass is 9.68. The molecule has 9 nitrogen and oxygen atoms in total. The highest BCUT2D eigenvalue weighted by Crippen LogP contribution is 2.68. The number of aryl methyl sites for hydroxylation is 1. The monoisotopic (exact) mass is 703 g/mol. The zero-order valence-corrected chi connectivity index (χ0v) is 28.9. The van der Waals surface area contributed by atoms with Crippen LogP contribution in [0.15, 0.2) is 94.7 Å². The van der Waals surface area contributed by atoms with Gasteiger partial charge >= 0.3 is 4.87 Å². The number of aromatic amines is 1. The lowest BCUT2D eigenvalue weighted by Crippen LogP contribution is -2.42. The summed E-state index contributed by atoms with van der Waals surface area (Å²) in [5.74, 6) is -0.494. The Morgan fingerprint density at radius 2 is 1.68 bits per heavy atom. The number of fused-ring (bicyclic) bond motifs is 10. The van der Waals surface area contributed by atoms with Crippen LogP contribution >= 0.6 is 23.1 Å². The average Bonchev–Trinajstić information content (AvgIpc) is 3.86. The normalized spacial score (nSPS) is 26.1. The molecule has 9 rings (SSSR count).